The first kappa shape index (κ1) is 19.5. The molecule has 0 atom stereocenters. The van der Waals surface area contributed by atoms with Gasteiger partial charge in [-0.2, -0.15) is 0 Å². The van der Waals surface area contributed by atoms with Gasteiger partial charge in [0.05, 0.1) is 6.54 Å². The minimum absolute atomic E-state index is 0.590. The molecule has 0 fully saturated rings. The van der Waals surface area contributed by atoms with Crippen molar-refractivity contribution in [2.24, 2.45) is 16.8 Å². The maximum atomic E-state index is 5.57. The molecule has 0 amide bonds. The molecule has 0 unspecified atom stereocenters. The van der Waals surface area contributed by atoms with Gasteiger partial charge < -0.3 is 19.9 Å². The van der Waals surface area contributed by atoms with Crippen molar-refractivity contribution in [1.82, 2.24) is 20.2 Å². The van der Waals surface area contributed by atoms with Crippen molar-refractivity contribution >= 4 is 5.96 Å². The highest BCUT2D eigenvalue weighted by atomic mass is 16.5. The summed E-state index contributed by atoms with van der Waals surface area (Å²) in [5.74, 6) is 3.02. The predicted octanol–water partition coefficient (Wildman–Crippen LogP) is 2.27. The van der Waals surface area contributed by atoms with Crippen LogP contribution in [-0.2, 0) is 17.8 Å². The third kappa shape index (κ3) is 8.59. The van der Waals surface area contributed by atoms with Crippen molar-refractivity contribution in [3.63, 3.8) is 0 Å². The molecule has 6 heteroatoms. The second kappa shape index (κ2) is 11.0. The summed E-state index contributed by atoms with van der Waals surface area (Å²) in [7, 11) is 1.78. The van der Waals surface area contributed by atoms with E-state index in [0.717, 1.165) is 44.5 Å². The van der Waals surface area contributed by atoms with Crippen LogP contribution in [0.15, 0.2) is 17.4 Å². The van der Waals surface area contributed by atoms with E-state index >= 15 is 0 Å². The fourth-order valence-electron chi connectivity index (χ4n) is 2.15. The lowest BCUT2D eigenvalue weighted by Gasteiger charge is -2.14. The van der Waals surface area contributed by atoms with Crippen LogP contribution in [0, 0.1) is 11.8 Å². The number of hydrogen-bond acceptors (Lipinski definition) is 3. The molecule has 132 valence electrons. The number of aliphatic imine (C=N–C) groups is 1. The van der Waals surface area contributed by atoms with E-state index in [2.05, 4.69) is 52.9 Å². The first-order chi connectivity index (χ1) is 11.0. The highest BCUT2D eigenvalue weighted by Crippen LogP contribution is 2.03. The van der Waals surface area contributed by atoms with Crippen LogP contribution in [0.1, 0.15) is 39.9 Å². The zero-order valence-electron chi connectivity index (χ0n) is 15.3. The average molecular weight is 323 g/mol. The molecule has 0 saturated heterocycles. The molecule has 0 spiro atoms. The van der Waals surface area contributed by atoms with Gasteiger partial charge >= 0.3 is 0 Å². The number of imidazole rings is 1. The Labute approximate surface area is 140 Å². The van der Waals surface area contributed by atoms with Crippen LogP contribution in [0.4, 0.5) is 0 Å². The van der Waals surface area contributed by atoms with Gasteiger partial charge in [-0.3, -0.25) is 4.99 Å². The number of hydrogen-bond donors (Lipinski definition) is 2. The third-order valence-corrected chi connectivity index (χ3v) is 3.21. The molecule has 0 saturated carbocycles. The fourth-order valence-corrected chi connectivity index (χ4v) is 2.15. The van der Waals surface area contributed by atoms with Crippen LogP contribution in [0.3, 0.4) is 0 Å². The monoisotopic (exact) mass is 323 g/mol. The van der Waals surface area contributed by atoms with Crippen LogP contribution in [-0.4, -0.2) is 42.3 Å². The Morgan fingerprint density at radius 2 is 2.04 bits per heavy atom. The Morgan fingerprint density at radius 3 is 2.70 bits per heavy atom. The number of aromatic nitrogens is 2. The van der Waals surface area contributed by atoms with E-state index in [4.69, 9.17) is 4.74 Å². The van der Waals surface area contributed by atoms with Gasteiger partial charge in [-0.05, 0) is 18.3 Å². The smallest absolute Gasteiger partial charge is 0.191 e. The first-order valence-corrected chi connectivity index (χ1v) is 8.55. The van der Waals surface area contributed by atoms with Gasteiger partial charge in [-0.1, -0.05) is 27.7 Å². The molecule has 23 heavy (non-hydrogen) atoms. The molecular weight excluding hydrogens is 290 g/mol. The Bertz CT molecular complexity index is 454. The molecule has 0 aliphatic heterocycles. The number of nitrogens with zero attached hydrogens (tertiary/aromatic N) is 3. The number of rotatable bonds is 10. The van der Waals surface area contributed by atoms with Gasteiger partial charge in [0, 0.05) is 45.7 Å². The molecule has 1 heterocycles. The van der Waals surface area contributed by atoms with Crippen molar-refractivity contribution in [3.8, 4) is 0 Å². The quantitative estimate of drug-likeness (QED) is 0.394. The number of nitrogens with one attached hydrogen (secondary N) is 2. The largest absolute Gasteiger partial charge is 0.381 e. The minimum atomic E-state index is 0.590. The van der Waals surface area contributed by atoms with Crippen molar-refractivity contribution in [2.45, 2.75) is 47.2 Å². The predicted molar refractivity (Wildman–Crippen MR) is 95.5 cm³/mol. The van der Waals surface area contributed by atoms with E-state index in [0.29, 0.717) is 18.4 Å². The van der Waals surface area contributed by atoms with Gasteiger partial charge in [0.1, 0.15) is 5.82 Å². The summed E-state index contributed by atoms with van der Waals surface area (Å²) in [6.07, 6.45) is 4.84. The second-order valence-electron chi connectivity index (χ2n) is 6.56. The molecule has 0 bridgehead atoms. The molecular formula is C17H33N5O. The van der Waals surface area contributed by atoms with E-state index in [1.54, 1.807) is 7.05 Å². The Balaban J connectivity index is 2.25. The lowest BCUT2D eigenvalue weighted by molar-refractivity contribution is 0.108. The highest BCUT2D eigenvalue weighted by molar-refractivity contribution is 5.79. The maximum absolute atomic E-state index is 5.57. The molecule has 1 aromatic heterocycles. The Morgan fingerprint density at radius 1 is 1.26 bits per heavy atom. The zero-order chi connectivity index (χ0) is 17.1. The normalized spacial score (nSPS) is 12.2. The van der Waals surface area contributed by atoms with Crippen molar-refractivity contribution in [2.75, 3.05) is 26.8 Å². The summed E-state index contributed by atoms with van der Waals surface area (Å²) >= 11 is 0. The van der Waals surface area contributed by atoms with E-state index in [9.17, 15) is 0 Å². The lowest BCUT2D eigenvalue weighted by atomic mass is 10.2. The number of ether oxygens (including phenoxy) is 1. The molecule has 0 aliphatic rings. The summed E-state index contributed by atoms with van der Waals surface area (Å²) in [6.45, 7) is 12.8. The molecule has 0 aliphatic carbocycles. The van der Waals surface area contributed by atoms with Crippen LogP contribution >= 0.6 is 0 Å². The van der Waals surface area contributed by atoms with Crippen molar-refractivity contribution < 1.29 is 4.74 Å². The van der Waals surface area contributed by atoms with Crippen molar-refractivity contribution in [3.05, 3.63) is 18.2 Å². The molecule has 2 N–H and O–H groups in total. The summed E-state index contributed by atoms with van der Waals surface area (Å²) in [5.41, 5.74) is 0. The fraction of sp³-hybridized carbons (Fsp3) is 0.765. The molecule has 1 rings (SSSR count). The second-order valence-corrected chi connectivity index (χ2v) is 6.56. The Hall–Kier alpha value is -1.56. The SMILES string of the molecule is CN=C(NCCCOCC(C)C)NCc1nccn1CC(C)C. The zero-order valence-corrected chi connectivity index (χ0v) is 15.3. The van der Waals surface area contributed by atoms with E-state index in [1.807, 2.05) is 12.4 Å². The maximum Gasteiger partial charge on any atom is 0.191 e. The van der Waals surface area contributed by atoms with Crippen LogP contribution in [0.2, 0.25) is 0 Å². The summed E-state index contributed by atoms with van der Waals surface area (Å²) in [4.78, 5) is 8.65. The summed E-state index contributed by atoms with van der Waals surface area (Å²) < 4.78 is 7.75. The molecule has 0 radical (unpaired) electrons. The number of guanidine groups is 1. The average Bonchev–Trinajstić information content (AvgIpc) is 2.92. The first-order valence-electron chi connectivity index (χ1n) is 8.55. The summed E-state index contributed by atoms with van der Waals surface area (Å²) in [6, 6.07) is 0. The van der Waals surface area contributed by atoms with E-state index < -0.39 is 0 Å². The van der Waals surface area contributed by atoms with Crippen LogP contribution < -0.4 is 10.6 Å². The molecule has 6 nitrogen and oxygen atoms in total. The minimum Gasteiger partial charge on any atom is -0.381 e. The topological polar surface area (TPSA) is 63.5 Å². The molecule has 0 aromatic carbocycles. The third-order valence-electron chi connectivity index (χ3n) is 3.21. The van der Waals surface area contributed by atoms with Gasteiger partial charge in [0.15, 0.2) is 5.96 Å². The van der Waals surface area contributed by atoms with Crippen molar-refractivity contribution in [1.29, 1.82) is 0 Å². The van der Waals surface area contributed by atoms with Gasteiger partial charge in [-0.15, -0.1) is 0 Å². The van der Waals surface area contributed by atoms with Gasteiger partial charge in [-0.25, -0.2) is 4.98 Å². The van der Waals surface area contributed by atoms with Gasteiger partial charge in [0.2, 0.25) is 0 Å². The Kier molecular flexibility index (Phi) is 9.36. The summed E-state index contributed by atoms with van der Waals surface area (Å²) in [5, 5.41) is 6.61. The van der Waals surface area contributed by atoms with E-state index in [1.165, 1.54) is 0 Å². The van der Waals surface area contributed by atoms with Crippen LogP contribution in [0.25, 0.3) is 0 Å². The lowest BCUT2D eigenvalue weighted by Crippen LogP contribution is -2.38. The van der Waals surface area contributed by atoms with E-state index in [-0.39, 0.29) is 0 Å². The standard InChI is InChI=1S/C17H33N5O/c1-14(2)12-22-9-8-19-16(22)11-21-17(18-5)20-7-6-10-23-13-15(3)4/h8-9,14-15H,6-7,10-13H2,1-5H3,(H2,18,20,21). The van der Waals surface area contributed by atoms with Crippen LogP contribution in [0.5, 0.6) is 0 Å². The van der Waals surface area contributed by atoms with Gasteiger partial charge in [0.25, 0.3) is 0 Å². The highest BCUT2D eigenvalue weighted by Gasteiger charge is 2.05. The molecule has 1 aromatic rings.